The Bertz CT molecular complexity index is 808. The fourth-order valence-corrected chi connectivity index (χ4v) is 5.15. The lowest BCUT2D eigenvalue weighted by Crippen LogP contribution is -2.26. The molecular weight excluding hydrogens is 330 g/mol. The topological polar surface area (TPSA) is 55.2 Å². The van der Waals surface area contributed by atoms with Crippen LogP contribution in [0.2, 0.25) is 0 Å². The molecule has 5 nitrogen and oxygen atoms in total. The molecule has 2 aromatic rings. The maximum absolute atomic E-state index is 13.0. The van der Waals surface area contributed by atoms with Crippen LogP contribution in [0.5, 0.6) is 0 Å². The van der Waals surface area contributed by atoms with Crippen LogP contribution in [-0.4, -0.2) is 40.2 Å². The number of rotatable bonds is 5. The molecule has 2 aromatic heterocycles. The minimum atomic E-state index is 0.0288. The maximum atomic E-state index is 13.0. The summed E-state index contributed by atoms with van der Waals surface area (Å²) >= 11 is 3.01. The number of hydrogen-bond acceptors (Lipinski definition) is 5. The van der Waals surface area contributed by atoms with Crippen molar-refractivity contribution in [3.05, 3.63) is 20.8 Å². The predicted octanol–water partition coefficient (Wildman–Crippen LogP) is 2.54. The van der Waals surface area contributed by atoms with Crippen molar-refractivity contribution >= 4 is 39.2 Å². The van der Waals surface area contributed by atoms with Gasteiger partial charge >= 0.3 is 0 Å². The number of fused-ring (bicyclic) bond motifs is 3. The van der Waals surface area contributed by atoms with Gasteiger partial charge in [0.15, 0.2) is 5.16 Å². The van der Waals surface area contributed by atoms with Crippen molar-refractivity contribution in [2.24, 2.45) is 0 Å². The number of carbonyl (C=O) groups excluding carboxylic acids is 1. The number of thioether (sulfide) groups is 1. The summed E-state index contributed by atoms with van der Waals surface area (Å²) in [5.41, 5.74) is 1.28. The zero-order valence-electron chi connectivity index (χ0n) is 13.7. The second kappa shape index (κ2) is 6.65. The molecule has 0 atom stereocenters. The van der Waals surface area contributed by atoms with E-state index in [0.29, 0.717) is 17.5 Å². The van der Waals surface area contributed by atoms with Crippen molar-refractivity contribution < 1.29 is 4.79 Å². The zero-order valence-corrected chi connectivity index (χ0v) is 15.4. The van der Waals surface area contributed by atoms with Gasteiger partial charge in [-0.3, -0.25) is 14.2 Å². The van der Waals surface area contributed by atoms with Crippen LogP contribution in [0.15, 0.2) is 9.95 Å². The molecule has 0 aromatic carbocycles. The molecule has 0 bridgehead atoms. The Kier molecular flexibility index (Phi) is 4.77. The first kappa shape index (κ1) is 16.5. The zero-order chi connectivity index (χ0) is 16.6. The average Bonchev–Trinajstić information content (AvgIpc) is 3.08. The van der Waals surface area contributed by atoms with E-state index in [1.165, 1.54) is 22.2 Å². The van der Waals surface area contributed by atoms with Gasteiger partial charge < -0.3 is 4.90 Å². The summed E-state index contributed by atoms with van der Waals surface area (Å²) in [5.74, 6) is 0.334. The largest absolute Gasteiger partial charge is 0.348 e. The van der Waals surface area contributed by atoms with Crippen molar-refractivity contribution in [2.75, 3.05) is 19.8 Å². The number of thiophene rings is 1. The first-order valence-electron chi connectivity index (χ1n) is 7.91. The number of aryl methyl sites for hydroxylation is 2. The minimum Gasteiger partial charge on any atom is -0.348 e. The fraction of sp³-hybridized carbons (Fsp3) is 0.562. The Hall–Kier alpha value is -1.34. The average molecular weight is 351 g/mol. The van der Waals surface area contributed by atoms with Crippen LogP contribution in [0, 0.1) is 0 Å². The van der Waals surface area contributed by atoms with E-state index < -0.39 is 0 Å². The molecule has 0 saturated carbocycles. The SMILES string of the molecule is CCCn1c(SCC(=O)N(C)C)nc2sc3c(c2c1=O)CCC3. The molecule has 0 fully saturated rings. The van der Waals surface area contributed by atoms with Crippen molar-refractivity contribution in [1.29, 1.82) is 0 Å². The normalized spacial score (nSPS) is 13.5. The second-order valence-corrected chi connectivity index (χ2v) is 7.99. The molecule has 0 radical (unpaired) electrons. The van der Waals surface area contributed by atoms with Crippen LogP contribution in [-0.2, 0) is 24.2 Å². The second-order valence-electron chi connectivity index (χ2n) is 5.97. The van der Waals surface area contributed by atoms with Crippen LogP contribution < -0.4 is 5.56 Å². The molecule has 0 unspecified atom stereocenters. The number of aromatic nitrogens is 2. The summed E-state index contributed by atoms with van der Waals surface area (Å²) in [6, 6.07) is 0. The molecule has 7 heteroatoms. The Labute approximate surface area is 143 Å². The van der Waals surface area contributed by atoms with E-state index in [-0.39, 0.29) is 11.5 Å². The van der Waals surface area contributed by atoms with Gasteiger partial charge in [-0.2, -0.15) is 0 Å². The summed E-state index contributed by atoms with van der Waals surface area (Å²) in [6.07, 6.45) is 4.06. The van der Waals surface area contributed by atoms with Crippen molar-refractivity contribution in [2.45, 2.75) is 44.3 Å². The van der Waals surface area contributed by atoms with Gasteiger partial charge in [0.05, 0.1) is 11.1 Å². The molecule has 1 aliphatic carbocycles. The third-order valence-corrected chi connectivity index (χ3v) is 6.21. The summed E-state index contributed by atoms with van der Waals surface area (Å²) in [5, 5.41) is 1.48. The third kappa shape index (κ3) is 3.04. The number of nitrogens with zero attached hydrogens (tertiary/aromatic N) is 3. The van der Waals surface area contributed by atoms with Gasteiger partial charge in [0.25, 0.3) is 5.56 Å². The lowest BCUT2D eigenvalue weighted by Gasteiger charge is -2.13. The predicted molar refractivity (Wildman–Crippen MR) is 95.6 cm³/mol. The van der Waals surface area contributed by atoms with Crippen LogP contribution in [0.3, 0.4) is 0 Å². The molecule has 0 aliphatic heterocycles. The van der Waals surface area contributed by atoms with E-state index in [1.807, 2.05) is 6.92 Å². The Balaban J connectivity index is 2.04. The van der Waals surface area contributed by atoms with Gasteiger partial charge in [0.2, 0.25) is 5.91 Å². The minimum absolute atomic E-state index is 0.0288. The lowest BCUT2D eigenvalue weighted by atomic mass is 10.2. The van der Waals surface area contributed by atoms with E-state index in [2.05, 4.69) is 0 Å². The summed E-state index contributed by atoms with van der Waals surface area (Å²) in [6.45, 7) is 2.69. The molecular formula is C16H21N3O2S2. The Morgan fingerprint density at radius 2 is 2.17 bits per heavy atom. The first-order chi connectivity index (χ1) is 11.0. The Morgan fingerprint density at radius 3 is 2.87 bits per heavy atom. The molecule has 2 heterocycles. The molecule has 23 heavy (non-hydrogen) atoms. The van der Waals surface area contributed by atoms with Crippen LogP contribution in [0.1, 0.15) is 30.2 Å². The molecule has 0 spiro atoms. The standard InChI is InChI=1S/C16H21N3O2S2/c1-4-8-19-15(21)13-10-6-5-7-11(10)23-14(13)17-16(19)22-9-12(20)18(2)3/h4-9H2,1-3H3. The van der Waals surface area contributed by atoms with E-state index in [1.54, 1.807) is 34.9 Å². The smallest absolute Gasteiger partial charge is 0.263 e. The monoisotopic (exact) mass is 351 g/mol. The quantitative estimate of drug-likeness (QED) is 0.614. The first-order valence-corrected chi connectivity index (χ1v) is 9.71. The van der Waals surface area contributed by atoms with Crippen LogP contribution in [0.4, 0.5) is 0 Å². The molecule has 0 N–H and O–H groups in total. The van der Waals surface area contributed by atoms with Gasteiger partial charge in [-0.1, -0.05) is 18.7 Å². The number of carbonyl (C=O) groups is 1. The number of hydrogen-bond donors (Lipinski definition) is 0. The van der Waals surface area contributed by atoms with Gasteiger partial charge in [0.1, 0.15) is 4.83 Å². The van der Waals surface area contributed by atoms with Gasteiger partial charge in [-0.25, -0.2) is 4.98 Å². The summed E-state index contributed by atoms with van der Waals surface area (Å²) < 4.78 is 1.75. The fourth-order valence-electron chi connectivity index (χ4n) is 2.84. The van der Waals surface area contributed by atoms with Crippen LogP contribution in [0.25, 0.3) is 10.2 Å². The third-order valence-electron chi connectivity index (χ3n) is 4.06. The summed E-state index contributed by atoms with van der Waals surface area (Å²) in [7, 11) is 3.48. The van der Waals surface area contributed by atoms with Gasteiger partial charge in [-0.15, -0.1) is 11.3 Å². The summed E-state index contributed by atoms with van der Waals surface area (Å²) in [4.78, 5) is 33.2. The van der Waals surface area contributed by atoms with E-state index in [0.717, 1.165) is 35.9 Å². The highest BCUT2D eigenvalue weighted by Crippen LogP contribution is 2.35. The number of amides is 1. The van der Waals surface area contributed by atoms with Crippen molar-refractivity contribution in [1.82, 2.24) is 14.5 Å². The van der Waals surface area contributed by atoms with E-state index in [4.69, 9.17) is 4.98 Å². The highest BCUT2D eigenvalue weighted by Gasteiger charge is 2.23. The van der Waals surface area contributed by atoms with E-state index in [9.17, 15) is 9.59 Å². The van der Waals surface area contributed by atoms with Gasteiger partial charge in [0, 0.05) is 25.5 Å². The molecule has 3 rings (SSSR count). The van der Waals surface area contributed by atoms with Crippen LogP contribution >= 0.6 is 23.1 Å². The van der Waals surface area contributed by atoms with Crippen molar-refractivity contribution in [3.63, 3.8) is 0 Å². The van der Waals surface area contributed by atoms with E-state index >= 15 is 0 Å². The lowest BCUT2D eigenvalue weighted by molar-refractivity contribution is -0.125. The highest BCUT2D eigenvalue weighted by atomic mass is 32.2. The van der Waals surface area contributed by atoms with Crippen molar-refractivity contribution in [3.8, 4) is 0 Å². The molecule has 0 saturated heterocycles. The molecule has 1 amide bonds. The molecule has 1 aliphatic rings. The molecule has 124 valence electrons. The maximum Gasteiger partial charge on any atom is 0.263 e. The highest BCUT2D eigenvalue weighted by molar-refractivity contribution is 7.99. The van der Waals surface area contributed by atoms with Gasteiger partial charge in [-0.05, 0) is 31.2 Å². The Morgan fingerprint density at radius 1 is 1.39 bits per heavy atom.